The molecule has 6 nitrogen and oxygen atoms in total. The first-order valence-electron chi connectivity index (χ1n) is 6.93. The summed E-state index contributed by atoms with van der Waals surface area (Å²) < 4.78 is 1.77. The molecule has 2 N–H and O–H groups in total. The molecular weight excluding hydrogens is 268 g/mol. The molecule has 0 aliphatic heterocycles. The smallest absolute Gasteiger partial charge is 0.310 e. The molecule has 0 spiro atoms. The fourth-order valence-electron chi connectivity index (χ4n) is 1.81. The number of fused-ring (bicyclic) bond motifs is 1. The van der Waals surface area contributed by atoms with Gasteiger partial charge in [0.05, 0.1) is 11.1 Å². The highest BCUT2D eigenvalue weighted by atomic mass is 16.4. The largest absolute Gasteiger partial charge is 0.481 e. The standard InChI is InChI=1S/C15H22N4O2/c1-14(2,3)11-8-10-12(16-6-7-19(10)18-11)17-9-15(4,5)13(20)21/h6-8H,9H2,1-5H3,(H,16,17)(H,20,21). The van der Waals surface area contributed by atoms with Crippen LogP contribution >= 0.6 is 0 Å². The molecule has 6 heteroatoms. The van der Waals surface area contributed by atoms with Crippen LogP contribution in [0.3, 0.4) is 0 Å². The molecule has 114 valence electrons. The lowest BCUT2D eigenvalue weighted by molar-refractivity contribution is -0.146. The van der Waals surface area contributed by atoms with Crippen LogP contribution < -0.4 is 5.32 Å². The van der Waals surface area contributed by atoms with Gasteiger partial charge < -0.3 is 10.4 Å². The van der Waals surface area contributed by atoms with Crippen LogP contribution in [0.2, 0.25) is 0 Å². The molecule has 0 bridgehead atoms. The molecule has 0 aliphatic carbocycles. The molecular formula is C15H22N4O2. The zero-order valence-electron chi connectivity index (χ0n) is 13.1. The fourth-order valence-corrected chi connectivity index (χ4v) is 1.81. The van der Waals surface area contributed by atoms with Gasteiger partial charge in [-0.2, -0.15) is 5.10 Å². The summed E-state index contributed by atoms with van der Waals surface area (Å²) in [6.45, 7) is 9.96. The third-order valence-corrected chi connectivity index (χ3v) is 3.44. The highest BCUT2D eigenvalue weighted by Gasteiger charge is 2.27. The number of aromatic nitrogens is 3. The molecule has 0 saturated carbocycles. The maximum atomic E-state index is 11.2. The van der Waals surface area contributed by atoms with Crippen LogP contribution in [0.25, 0.3) is 5.52 Å². The van der Waals surface area contributed by atoms with Crippen LogP contribution in [0.4, 0.5) is 5.82 Å². The Labute approximate surface area is 124 Å². The van der Waals surface area contributed by atoms with Gasteiger partial charge in [-0.05, 0) is 19.9 Å². The van der Waals surface area contributed by atoms with Gasteiger partial charge in [0.25, 0.3) is 0 Å². The molecule has 0 aliphatic rings. The van der Waals surface area contributed by atoms with E-state index in [0.29, 0.717) is 12.4 Å². The van der Waals surface area contributed by atoms with Crippen molar-refractivity contribution in [1.82, 2.24) is 14.6 Å². The maximum Gasteiger partial charge on any atom is 0.310 e. The Morgan fingerprint density at radius 1 is 1.33 bits per heavy atom. The van der Waals surface area contributed by atoms with Gasteiger partial charge in [-0.3, -0.25) is 4.79 Å². The van der Waals surface area contributed by atoms with Crippen LogP contribution in [0, 0.1) is 5.41 Å². The van der Waals surface area contributed by atoms with Gasteiger partial charge in [0, 0.05) is 24.4 Å². The van der Waals surface area contributed by atoms with Crippen molar-refractivity contribution in [1.29, 1.82) is 0 Å². The van der Waals surface area contributed by atoms with Crippen LogP contribution in [-0.4, -0.2) is 32.2 Å². The molecule has 0 saturated heterocycles. The second kappa shape index (κ2) is 5.02. The predicted molar refractivity (Wildman–Crippen MR) is 81.6 cm³/mol. The molecule has 2 heterocycles. The average Bonchev–Trinajstić information content (AvgIpc) is 2.80. The Morgan fingerprint density at radius 3 is 2.57 bits per heavy atom. The minimum absolute atomic E-state index is 0.0520. The molecule has 0 radical (unpaired) electrons. The average molecular weight is 290 g/mol. The summed E-state index contributed by atoms with van der Waals surface area (Å²) in [4.78, 5) is 15.5. The lowest BCUT2D eigenvalue weighted by Crippen LogP contribution is -2.32. The predicted octanol–water partition coefficient (Wildman–Crippen LogP) is 2.55. The van der Waals surface area contributed by atoms with Gasteiger partial charge in [0.1, 0.15) is 5.52 Å². The molecule has 0 unspecified atom stereocenters. The number of hydrogen-bond acceptors (Lipinski definition) is 4. The molecule has 2 aromatic heterocycles. The van der Waals surface area contributed by atoms with E-state index in [1.165, 1.54) is 0 Å². The Kier molecular flexibility index (Phi) is 3.65. The lowest BCUT2D eigenvalue weighted by Gasteiger charge is -2.19. The topological polar surface area (TPSA) is 79.5 Å². The summed E-state index contributed by atoms with van der Waals surface area (Å²) in [5.74, 6) is -0.194. The highest BCUT2D eigenvalue weighted by Crippen LogP contribution is 2.25. The zero-order chi connectivity index (χ0) is 15.8. The van der Waals surface area contributed by atoms with E-state index in [4.69, 9.17) is 5.11 Å². The van der Waals surface area contributed by atoms with E-state index in [2.05, 4.69) is 36.2 Å². The van der Waals surface area contributed by atoms with Crippen LogP contribution in [0.1, 0.15) is 40.3 Å². The van der Waals surface area contributed by atoms with E-state index < -0.39 is 11.4 Å². The van der Waals surface area contributed by atoms with Crippen molar-refractivity contribution < 1.29 is 9.90 Å². The Balaban J connectivity index is 2.33. The minimum Gasteiger partial charge on any atom is -0.481 e. The van der Waals surface area contributed by atoms with Crippen molar-refractivity contribution >= 4 is 17.3 Å². The number of aliphatic carboxylic acids is 1. The van der Waals surface area contributed by atoms with Crippen molar-refractivity contribution in [3.63, 3.8) is 0 Å². The summed E-state index contributed by atoms with van der Waals surface area (Å²) in [7, 11) is 0. The maximum absolute atomic E-state index is 11.2. The van der Waals surface area contributed by atoms with Crippen LogP contribution in [0.15, 0.2) is 18.5 Å². The lowest BCUT2D eigenvalue weighted by atomic mass is 9.92. The summed E-state index contributed by atoms with van der Waals surface area (Å²) in [6.07, 6.45) is 3.45. The van der Waals surface area contributed by atoms with E-state index in [0.717, 1.165) is 11.2 Å². The van der Waals surface area contributed by atoms with Crippen molar-refractivity contribution in [2.24, 2.45) is 5.41 Å². The molecule has 2 aromatic rings. The fraction of sp³-hybridized carbons (Fsp3) is 0.533. The van der Waals surface area contributed by atoms with Crippen molar-refractivity contribution in [3.05, 3.63) is 24.2 Å². The Morgan fingerprint density at radius 2 is 2.00 bits per heavy atom. The molecule has 21 heavy (non-hydrogen) atoms. The first-order chi connectivity index (χ1) is 9.61. The quantitative estimate of drug-likeness (QED) is 0.904. The van der Waals surface area contributed by atoms with Gasteiger partial charge >= 0.3 is 5.97 Å². The first-order valence-corrected chi connectivity index (χ1v) is 6.93. The van der Waals surface area contributed by atoms with Crippen LogP contribution in [0.5, 0.6) is 0 Å². The van der Waals surface area contributed by atoms with E-state index in [1.54, 1.807) is 30.8 Å². The number of carbonyl (C=O) groups is 1. The molecule has 2 rings (SSSR count). The Bertz CT molecular complexity index is 668. The number of rotatable bonds is 4. The van der Waals surface area contributed by atoms with Crippen molar-refractivity contribution in [2.45, 2.75) is 40.0 Å². The van der Waals surface area contributed by atoms with Gasteiger partial charge in [0.15, 0.2) is 5.82 Å². The summed E-state index contributed by atoms with van der Waals surface area (Å²) in [5.41, 5.74) is 0.907. The Hall–Kier alpha value is -2.11. The summed E-state index contributed by atoms with van der Waals surface area (Å²) in [6, 6.07) is 1.99. The van der Waals surface area contributed by atoms with E-state index >= 15 is 0 Å². The van der Waals surface area contributed by atoms with Gasteiger partial charge in [0.2, 0.25) is 0 Å². The van der Waals surface area contributed by atoms with Crippen molar-refractivity contribution in [3.8, 4) is 0 Å². The zero-order valence-corrected chi connectivity index (χ0v) is 13.1. The summed E-state index contributed by atoms with van der Waals surface area (Å²) in [5, 5.41) is 16.8. The number of nitrogens with zero attached hydrogens (tertiary/aromatic N) is 3. The molecule has 0 aromatic carbocycles. The van der Waals surface area contributed by atoms with E-state index in [-0.39, 0.29) is 5.41 Å². The number of hydrogen-bond donors (Lipinski definition) is 2. The minimum atomic E-state index is -0.860. The van der Waals surface area contributed by atoms with Gasteiger partial charge in [-0.1, -0.05) is 20.8 Å². The van der Waals surface area contributed by atoms with Crippen LogP contribution in [-0.2, 0) is 10.2 Å². The molecule has 0 fully saturated rings. The normalized spacial score (nSPS) is 12.6. The number of anilines is 1. The highest BCUT2D eigenvalue weighted by molar-refractivity contribution is 5.75. The second-order valence-corrected chi connectivity index (χ2v) is 6.93. The molecule has 0 amide bonds. The second-order valence-electron chi connectivity index (χ2n) is 6.93. The van der Waals surface area contributed by atoms with Gasteiger partial charge in [-0.15, -0.1) is 0 Å². The number of carboxylic acid groups (broad SMARTS) is 1. The SMILES string of the molecule is CC(C)(CNc1nccn2nc(C(C)(C)C)cc12)C(=O)O. The van der Waals surface area contributed by atoms with Crippen molar-refractivity contribution in [2.75, 3.05) is 11.9 Å². The van der Waals surface area contributed by atoms with E-state index in [1.807, 2.05) is 6.07 Å². The monoisotopic (exact) mass is 290 g/mol. The number of carboxylic acids is 1. The third-order valence-electron chi connectivity index (χ3n) is 3.44. The third kappa shape index (κ3) is 3.15. The number of nitrogens with one attached hydrogen (secondary N) is 1. The molecule has 0 atom stereocenters. The van der Waals surface area contributed by atoms with Gasteiger partial charge in [-0.25, -0.2) is 9.50 Å². The summed E-state index contributed by atoms with van der Waals surface area (Å²) >= 11 is 0. The van der Waals surface area contributed by atoms with E-state index in [9.17, 15) is 4.79 Å². The first kappa shape index (κ1) is 15.3.